The van der Waals surface area contributed by atoms with Gasteiger partial charge in [-0.15, -0.1) is 0 Å². The van der Waals surface area contributed by atoms with E-state index in [1.165, 1.54) is 6.20 Å². The molecule has 0 amide bonds. The number of hydrogen-bond acceptors (Lipinski definition) is 3. The average Bonchev–Trinajstić information content (AvgIpc) is 2.95. The first-order chi connectivity index (χ1) is 10.9. The lowest BCUT2D eigenvalue weighted by molar-refractivity contribution is 0.101. The molecule has 0 aliphatic rings. The van der Waals surface area contributed by atoms with Gasteiger partial charge in [0.05, 0.1) is 18.3 Å². The molecule has 3 aromatic rings. The molecule has 0 N–H and O–H groups in total. The molecule has 0 bridgehead atoms. The van der Waals surface area contributed by atoms with Gasteiger partial charge in [-0.1, -0.05) is 35.9 Å². The van der Waals surface area contributed by atoms with E-state index in [2.05, 4.69) is 0 Å². The van der Waals surface area contributed by atoms with Crippen LogP contribution < -0.4 is 0 Å². The van der Waals surface area contributed by atoms with Gasteiger partial charge in [-0.05, 0) is 31.4 Å². The third kappa shape index (κ3) is 2.59. The smallest absolute Gasteiger partial charge is 0.268 e. The first-order valence-electron chi connectivity index (χ1n) is 7.11. The summed E-state index contributed by atoms with van der Waals surface area (Å²) in [7, 11) is 1.65. The molecule has 0 aliphatic heterocycles. The van der Waals surface area contributed by atoms with Crippen LogP contribution in [0.15, 0.2) is 59.6 Å². The predicted molar refractivity (Wildman–Crippen MR) is 90.6 cm³/mol. The van der Waals surface area contributed by atoms with E-state index >= 15 is 0 Å². The maximum atomic E-state index is 12.9. The highest BCUT2D eigenvalue weighted by atomic mass is 32.2. The molecule has 0 aliphatic carbocycles. The van der Waals surface area contributed by atoms with Crippen molar-refractivity contribution >= 4 is 34.6 Å². The number of aryl methyl sites for hydroxylation is 1. The van der Waals surface area contributed by atoms with Gasteiger partial charge in [-0.3, -0.25) is 4.79 Å². The van der Waals surface area contributed by atoms with Crippen LogP contribution in [0.3, 0.4) is 0 Å². The van der Waals surface area contributed by atoms with Gasteiger partial charge < -0.3 is 0 Å². The Labute approximate surface area is 136 Å². The maximum absolute atomic E-state index is 12.9. The zero-order chi connectivity index (χ0) is 16.6. The molecule has 3 rings (SSSR count). The normalized spacial score (nSPS) is 11.7. The summed E-state index contributed by atoms with van der Waals surface area (Å²) in [6.45, 7) is 1.89. The van der Waals surface area contributed by atoms with E-state index < -0.39 is 10.0 Å². The molecule has 2 aromatic carbocycles. The van der Waals surface area contributed by atoms with Crippen molar-refractivity contribution in [2.24, 2.45) is 0 Å². The fourth-order valence-corrected chi connectivity index (χ4v) is 3.87. The number of benzene rings is 2. The lowest BCUT2D eigenvalue weighted by atomic mass is 9.96. The van der Waals surface area contributed by atoms with Crippen molar-refractivity contribution in [3.05, 3.63) is 65.9 Å². The summed E-state index contributed by atoms with van der Waals surface area (Å²) in [5.74, 6) is -0.293. The van der Waals surface area contributed by atoms with Gasteiger partial charge in [0.1, 0.15) is 0 Å². The van der Waals surface area contributed by atoms with Crippen LogP contribution in [0.25, 0.3) is 10.9 Å². The van der Waals surface area contributed by atoms with Crippen molar-refractivity contribution in [1.29, 1.82) is 0 Å². The minimum absolute atomic E-state index is 0.168. The summed E-state index contributed by atoms with van der Waals surface area (Å²) >= 11 is 0. The van der Waals surface area contributed by atoms with Gasteiger partial charge >= 0.3 is 0 Å². The fraction of sp³-hybridized carbons (Fsp3) is 0.118. The summed E-state index contributed by atoms with van der Waals surface area (Å²) in [5.41, 5.74) is 1.75. The summed E-state index contributed by atoms with van der Waals surface area (Å²) < 4.78 is 27.0. The molecule has 4 nitrogen and oxygen atoms in total. The second-order valence-corrected chi connectivity index (χ2v) is 7.12. The van der Waals surface area contributed by atoms with Crippen LogP contribution >= 0.6 is 0 Å². The molecule has 0 atom stereocenters. The molecule has 0 fully saturated rings. The highest BCUT2D eigenvalue weighted by Crippen LogP contribution is 2.26. The number of fused-ring (bicyclic) bond motifs is 1. The monoisotopic (exact) mass is 323 g/mol. The van der Waals surface area contributed by atoms with E-state index in [0.29, 0.717) is 16.5 Å². The quantitative estimate of drug-likeness (QED) is 0.548. The Morgan fingerprint density at radius 1 is 1.09 bits per heavy atom. The molecule has 114 valence electrons. The van der Waals surface area contributed by atoms with Crippen LogP contribution in [0.2, 0.25) is 6.32 Å². The van der Waals surface area contributed by atoms with E-state index in [9.17, 15) is 13.2 Å². The molecule has 1 aromatic heterocycles. The maximum Gasteiger partial charge on any atom is 0.268 e. The van der Waals surface area contributed by atoms with Crippen molar-refractivity contribution in [3.63, 3.8) is 0 Å². The number of nitrogens with zero attached hydrogens (tertiary/aromatic N) is 1. The zero-order valence-electron chi connectivity index (χ0n) is 12.6. The Hall–Kier alpha value is -2.34. The summed E-state index contributed by atoms with van der Waals surface area (Å²) in [6, 6.07) is 13.5. The number of carbonyl (C=O) groups is 1. The number of rotatable bonds is 4. The number of ketones is 1. The third-order valence-corrected chi connectivity index (χ3v) is 5.43. The molecule has 0 saturated carbocycles. The van der Waals surface area contributed by atoms with Crippen LogP contribution in [-0.2, 0) is 10.0 Å². The highest BCUT2D eigenvalue weighted by Gasteiger charge is 2.22. The molecule has 0 saturated heterocycles. The molecular weight excluding hydrogens is 309 g/mol. The van der Waals surface area contributed by atoms with Crippen molar-refractivity contribution in [3.8, 4) is 0 Å². The van der Waals surface area contributed by atoms with Gasteiger partial charge in [0.15, 0.2) is 5.78 Å². The van der Waals surface area contributed by atoms with Gasteiger partial charge in [-0.2, -0.15) is 0 Å². The minimum atomic E-state index is -3.78. The molecule has 1 heterocycles. The Morgan fingerprint density at radius 2 is 1.74 bits per heavy atom. The Balaban J connectivity index is 2.27. The van der Waals surface area contributed by atoms with E-state index in [-0.39, 0.29) is 17.0 Å². The van der Waals surface area contributed by atoms with E-state index in [1.54, 1.807) is 48.5 Å². The topological polar surface area (TPSA) is 56.1 Å². The number of para-hydroxylation sites is 1. The number of Topliss-reactive ketones (excluding diaryl/α,β-unsaturated/α-hetero) is 1. The van der Waals surface area contributed by atoms with Crippen molar-refractivity contribution in [2.75, 3.05) is 0 Å². The Bertz CT molecular complexity index is 988. The number of carbonyl (C=O) groups excluding carboxylic acids is 1. The van der Waals surface area contributed by atoms with Crippen LogP contribution in [-0.4, -0.2) is 26.0 Å². The lowest BCUT2D eigenvalue weighted by Crippen LogP contribution is -2.12. The second-order valence-electron chi connectivity index (χ2n) is 5.30. The third-order valence-electron chi connectivity index (χ3n) is 3.74. The van der Waals surface area contributed by atoms with Gasteiger partial charge in [0, 0.05) is 17.1 Å². The SMILES string of the molecule is [B]CC(=O)c1cn(S(=O)(=O)c2ccc(C)cc2)c2ccccc12. The fourth-order valence-electron chi connectivity index (χ4n) is 2.50. The first-order valence-corrected chi connectivity index (χ1v) is 8.55. The van der Waals surface area contributed by atoms with Crippen LogP contribution in [0.1, 0.15) is 15.9 Å². The minimum Gasteiger partial charge on any atom is -0.295 e. The van der Waals surface area contributed by atoms with E-state index in [4.69, 9.17) is 7.85 Å². The highest BCUT2D eigenvalue weighted by molar-refractivity contribution is 7.90. The van der Waals surface area contributed by atoms with Crippen LogP contribution in [0.4, 0.5) is 0 Å². The summed E-state index contributed by atoms with van der Waals surface area (Å²) in [4.78, 5) is 12.2. The Kier molecular flexibility index (Phi) is 3.86. The first kappa shape index (κ1) is 15.6. The number of aromatic nitrogens is 1. The average molecular weight is 323 g/mol. The Morgan fingerprint density at radius 3 is 2.39 bits per heavy atom. The van der Waals surface area contributed by atoms with E-state index in [1.807, 2.05) is 6.92 Å². The zero-order valence-corrected chi connectivity index (χ0v) is 13.4. The van der Waals surface area contributed by atoms with Gasteiger partial charge in [0.2, 0.25) is 0 Å². The standard InChI is InChI=1S/C17H14BNO3S/c1-12-6-8-13(9-7-12)23(21,22)19-11-15(17(20)10-18)14-4-2-3-5-16(14)19/h2-9,11H,10H2,1H3. The molecule has 0 unspecified atom stereocenters. The van der Waals surface area contributed by atoms with Crippen molar-refractivity contribution in [1.82, 2.24) is 3.97 Å². The van der Waals surface area contributed by atoms with Crippen molar-refractivity contribution in [2.45, 2.75) is 18.1 Å². The van der Waals surface area contributed by atoms with Crippen LogP contribution in [0.5, 0.6) is 0 Å². The van der Waals surface area contributed by atoms with Gasteiger partial charge in [-0.25, -0.2) is 12.4 Å². The van der Waals surface area contributed by atoms with Gasteiger partial charge in [0.25, 0.3) is 10.0 Å². The predicted octanol–water partition coefficient (Wildman–Crippen LogP) is 2.96. The largest absolute Gasteiger partial charge is 0.295 e. The van der Waals surface area contributed by atoms with Crippen LogP contribution in [0, 0.1) is 6.92 Å². The summed E-state index contributed by atoms with van der Waals surface area (Å²) in [5, 5.41) is 0.582. The van der Waals surface area contributed by atoms with E-state index in [0.717, 1.165) is 9.54 Å². The number of hydrogen-bond donors (Lipinski definition) is 0. The second kappa shape index (κ2) is 5.70. The lowest BCUT2D eigenvalue weighted by Gasteiger charge is -2.07. The summed E-state index contributed by atoms with van der Waals surface area (Å²) in [6.07, 6.45) is 1.19. The van der Waals surface area contributed by atoms with Crippen molar-refractivity contribution < 1.29 is 13.2 Å². The molecule has 2 radical (unpaired) electrons. The molecule has 6 heteroatoms. The molecular formula is C17H14BNO3S. The molecule has 23 heavy (non-hydrogen) atoms. The molecule has 0 spiro atoms.